The summed E-state index contributed by atoms with van der Waals surface area (Å²) in [6, 6.07) is 0.796. The van der Waals surface area contributed by atoms with Crippen molar-refractivity contribution >= 4 is 5.91 Å². The quantitative estimate of drug-likeness (QED) is 0.646. The summed E-state index contributed by atoms with van der Waals surface area (Å²) in [6.07, 6.45) is 20.7. The number of nitrogens with zero attached hydrogens (tertiary/aromatic N) is 2. The fourth-order valence-corrected chi connectivity index (χ4v) is 8.74. The highest BCUT2D eigenvalue weighted by molar-refractivity contribution is 5.94. The minimum absolute atomic E-state index is 0.122. The molecule has 0 aliphatic heterocycles. The van der Waals surface area contributed by atoms with Crippen molar-refractivity contribution in [3.8, 4) is 0 Å². The van der Waals surface area contributed by atoms with Gasteiger partial charge in [-0.2, -0.15) is 5.10 Å². The van der Waals surface area contributed by atoms with E-state index in [1.807, 2.05) is 0 Å². The number of rotatable bonds is 4. The molecule has 0 saturated heterocycles. The second-order valence-electron chi connectivity index (χ2n) is 12.0. The number of amides is 1. The second kappa shape index (κ2) is 7.92. The van der Waals surface area contributed by atoms with Gasteiger partial charge in [0, 0.05) is 17.3 Å². The first-order valence-corrected chi connectivity index (χ1v) is 13.5. The molecule has 31 heavy (non-hydrogen) atoms. The van der Waals surface area contributed by atoms with Crippen LogP contribution < -0.4 is 5.32 Å². The van der Waals surface area contributed by atoms with Crippen molar-refractivity contribution in [2.45, 2.75) is 122 Å². The zero-order valence-electron chi connectivity index (χ0n) is 19.5. The Morgan fingerprint density at radius 3 is 2.19 bits per heavy atom. The molecule has 4 bridgehead atoms. The number of carbonyl (C=O) groups is 1. The minimum atomic E-state index is 0.122. The number of hydrogen-bond acceptors (Lipinski definition) is 2. The van der Waals surface area contributed by atoms with Crippen LogP contribution >= 0.6 is 0 Å². The molecule has 1 N–H and O–H groups in total. The average Bonchev–Trinajstić information content (AvgIpc) is 3.34. The maximum absolute atomic E-state index is 13.7. The third kappa shape index (κ3) is 3.56. The Labute approximate surface area is 187 Å². The normalized spacial score (nSPS) is 36.1. The van der Waals surface area contributed by atoms with Gasteiger partial charge in [-0.25, -0.2) is 0 Å². The Morgan fingerprint density at radius 1 is 0.935 bits per heavy atom. The number of fused-ring (bicyclic) bond motifs is 1. The highest BCUT2D eigenvalue weighted by Gasteiger charge is 2.53. The predicted molar refractivity (Wildman–Crippen MR) is 123 cm³/mol. The lowest BCUT2D eigenvalue weighted by atomic mass is 9.48. The summed E-state index contributed by atoms with van der Waals surface area (Å²) in [7, 11) is 0. The van der Waals surface area contributed by atoms with E-state index >= 15 is 0 Å². The smallest absolute Gasteiger partial charge is 0.272 e. The summed E-state index contributed by atoms with van der Waals surface area (Å²) in [5.41, 5.74) is 3.83. The average molecular weight is 424 g/mol. The van der Waals surface area contributed by atoms with Crippen LogP contribution in [-0.4, -0.2) is 21.7 Å². The summed E-state index contributed by atoms with van der Waals surface area (Å²) in [5, 5.41) is 8.59. The number of carbonyl (C=O) groups excluding carboxylic acids is 1. The molecule has 7 rings (SSSR count). The molecular weight excluding hydrogens is 382 g/mol. The van der Waals surface area contributed by atoms with E-state index in [1.165, 1.54) is 101 Å². The van der Waals surface area contributed by atoms with Gasteiger partial charge >= 0.3 is 0 Å². The van der Waals surface area contributed by atoms with Gasteiger partial charge in [0.15, 0.2) is 5.69 Å². The first-order valence-electron chi connectivity index (χ1n) is 13.5. The van der Waals surface area contributed by atoms with Gasteiger partial charge in [-0.3, -0.25) is 9.48 Å². The molecule has 6 aliphatic carbocycles. The van der Waals surface area contributed by atoms with Crippen molar-refractivity contribution in [2.24, 2.45) is 23.2 Å². The van der Waals surface area contributed by atoms with E-state index in [4.69, 9.17) is 5.10 Å². The molecule has 4 heteroatoms. The van der Waals surface area contributed by atoms with Gasteiger partial charge in [0.25, 0.3) is 5.91 Å². The Kier molecular flexibility index (Phi) is 5.18. The monoisotopic (exact) mass is 423 g/mol. The third-order valence-corrected chi connectivity index (χ3v) is 9.95. The van der Waals surface area contributed by atoms with Crippen LogP contribution in [0.4, 0.5) is 0 Å². The van der Waals surface area contributed by atoms with Crippen molar-refractivity contribution < 1.29 is 4.79 Å². The second-order valence-corrected chi connectivity index (χ2v) is 12.0. The van der Waals surface area contributed by atoms with Crippen LogP contribution in [-0.2, 0) is 12.8 Å². The molecule has 0 radical (unpaired) electrons. The highest BCUT2D eigenvalue weighted by Crippen LogP contribution is 2.61. The largest absolute Gasteiger partial charge is 0.348 e. The SMILES string of the molecule is CC(NC(=O)c1nn(C2CCCC2)c2c1CCCCCC2)C12CC3CC(CC(C3)C1)C2. The molecule has 1 atom stereocenters. The summed E-state index contributed by atoms with van der Waals surface area (Å²) in [6.45, 7) is 2.31. The van der Waals surface area contributed by atoms with Crippen LogP contribution in [0, 0.1) is 23.2 Å². The van der Waals surface area contributed by atoms with Gasteiger partial charge in [-0.05, 0) is 107 Å². The van der Waals surface area contributed by atoms with Crippen LogP contribution in [0.15, 0.2) is 0 Å². The van der Waals surface area contributed by atoms with Crippen molar-refractivity contribution in [3.05, 3.63) is 17.0 Å². The highest BCUT2D eigenvalue weighted by atomic mass is 16.2. The maximum atomic E-state index is 13.7. The Bertz CT molecular complexity index is 798. The summed E-state index contributed by atoms with van der Waals surface area (Å²) < 4.78 is 2.32. The van der Waals surface area contributed by atoms with E-state index in [-0.39, 0.29) is 11.9 Å². The van der Waals surface area contributed by atoms with E-state index in [1.54, 1.807) is 0 Å². The molecule has 5 saturated carbocycles. The predicted octanol–water partition coefficient (Wildman–Crippen LogP) is 5.99. The molecule has 0 spiro atoms. The van der Waals surface area contributed by atoms with Crippen LogP contribution in [0.2, 0.25) is 0 Å². The number of hydrogen-bond donors (Lipinski definition) is 1. The van der Waals surface area contributed by atoms with Crippen molar-refractivity contribution in [1.29, 1.82) is 0 Å². The Hall–Kier alpha value is -1.32. The fraction of sp³-hybridized carbons (Fsp3) is 0.852. The lowest BCUT2D eigenvalue weighted by Crippen LogP contribution is -2.55. The molecule has 1 heterocycles. The van der Waals surface area contributed by atoms with Gasteiger partial charge in [-0.15, -0.1) is 0 Å². The van der Waals surface area contributed by atoms with E-state index in [0.29, 0.717) is 11.5 Å². The number of nitrogens with one attached hydrogen (secondary N) is 1. The van der Waals surface area contributed by atoms with Gasteiger partial charge in [0.2, 0.25) is 0 Å². The van der Waals surface area contributed by atoms with Gasteiger partial charge in [-0.1, -0.05) is 25.7 Å². The first-order chi connectivity index (χ1) is 15.1. The molecule has 1 aromatic rings. The maximum Gasteiger partial charge on any atom is 0.272 e. The standard InChI is InChI=1S/C27H41N3O/c1-18(27-15-19-12-20(16-27)14-21(13-19)17-27)28-26(31)25-23-10-4-2-3-5-11-24(23)30(29-25)22-8-6-7-9-22/h18-22H,2-17H2,1H3,(H,28,31). The topological polar surface area (TPSA) is 46.9 Å². The third-order valence-electron chi connectivity index (χ3n) is 9.95. The summed E-state index contributed by atoms with van der Waals surface area (Å²) >= 11 is 0. The van der Waals surface area contributed by atoms with E-state index < -0.39 is 0 Å². The Balaban J connectivity index is 1.26. The van der Waals surface area contributed by atoms with Crippen LogP contribution in [0.3, 0.4) is 0 Å². The lowest BCUT2D eigenvalue weighted by Gasteiger charge is -2.59. The van der Waals surface area contributed by atoms with Crippen LogP contribution in [0.1, 0.15) is 125 Å². The molecule has 0 aromatic carbocycles. The molecule has 5 fully saturated rings. The zero-order chi connectivity index (χ0) is 21.0. The van der Waals surface area contributed by atoms with Crippen LogP contribution in [0.25, 0.3) is 0 Å². The molecule has 1 amide bonds. The van der Waals surface area contributed by atoms with E-state index in [2.05, 4.69) is 16.9 Å². The first kappa shape index (κ1) is 20.3. The lowest BCUT2D eigenvalue weighted by molar-refractivity contribution is -0.0688. The molecule has 6 aliphatic rings. The van der Waals surface area contributed by atoms with Crippen molar-refractivity contribution in [2.75, 3.05) is 0 Å². The van der Waals surface area contributed by atoms with Crippen LogP contribution in [0.5, 0.6) is 0 Å². The summed E-state index contributed by atoms with van der Waals surface area (Å²) in [4.78, 5) is 13.7. The molecule has 1 aromatic heterocycles. The molecule has 170 valence electrons. The molecule has 4 nitrogen and oxygen atoms in total. The minimum Gasteiger partial charge on any atom is -0.348 e. The number of aromatic nitrogens is 2. The van der Waals surface area contributed by atoms with Gasteiger partial charge in [0.05, 0.1) is 6.04 Å². The van der Waals surface area contributed by atoms with Crippen molar-refractivity contribution in [1.82, 2.24) is 15.1 Å². The fourth-order valence-electron chi connectivity index (χ4n) is 8.74. The molecular formula is C27H41N3O. The van der Waals surface area contributed by atoms with Crippen molar-refractivity contribution in [3.63, 3.8) is 0 Å². The van der Waals surface area contributed by atoms with E-state index in [9.17, 15) is 4.79 Å². The van der Waals surface area contributed by atoms with Gasteiger partial charge < -0.3 is 5.32 Å². The summed E-state index contributed by atoms with van der Waals surface area (Å²) in [5.74, 6) is 2.89. The molecule has 1 unspecified atom stereocenters. The zero-order valence-corrected chi connectivity index (χ0v) is 19.5. The van der Waals surface area contributed by atoms with Gasteiger partial charge in [0.1, 0.15) is 0 Å². The Morgan fingerprint density at radius 2 is 1.55 bits per heavy atom. The van der Waals surface area contributed by atoms with E-state index in [0.717, 1.165) is 36.3 Å².